The number of carboxylic acid groups (broad SMARTS) is 1. The van der Waals surface area contributed by atoms with Gasteiger partial charge in [0.05, 0.1) is 20.1 Å². The molecule has 3 aromatic carbocycles. The van der Waals surface area contributed by atoms with E-state index in [-0.39, 0.29) is 24.8 Å². The van der Waals surface area contributed by atoms with Crippen molar-refractivity contribution in [3.8, 4) is 16.9 Å². The number of benzene rings is 3. The number of halogens is 1. The molecule has 0 aliphatic rings. The predicted molar refractivity (Wildman–Crippen MR) is 156 cm³/mol. The third-order valence-electron chi connectivity index (χ3n) is 5.99. The smallest absolute Gasteiger partial charge is 0.305 e. The second kappa shape index (κ2) is 15.6. The van der Waals surface area contributed by atoms with E-state index in [2.05, 4.69) is 16.0 Å². The number of aliphatic carboxylic acids is 1. The fraction of sp³-hybridized carbons (Fsp3) is 0.207. The molecule has 0 radical (unpaired) electrons. The summed E-state index contributed by atoms with van der Waals surface area (Å²) in [6, 6.07) is 19.8. The van der Waals surface area contributed by atoms with Gasteiger partial charge in [0, 0.05) is 17.7 Å². The van der Waals surface area contributed by atoms with Gasteiger partial charge in [-0.05, 0) is 47.4 Å². The molecule has 12 heteroatoms. The molecule has 1 atom stereocenters. The fourth-order valence-corrected chi connectivity index (χ4v) is 3.79. The highest BCUT2D eigenvalue weighted by Gasteiger charge is 2.23. The molecule has 0 spiro atoms. The van der Waals surface area contributed by atoms with Gasteiger partial charge in [-0.15, -0.1) is 12.4 Å². The molecule has 0 aliphatic heterocycles. The number of hydrogen-bond acceptors (Lipinski definition) is 6. The maximum absolute atomic E-state index is 12.6. The van der Waals surface area contributed by atoms with Gasteiger partial charge in [-0.1, -0.05) is 48.5 Å². The van der Waals surface area contributed by atoms with Crippen LogP contribution >= 0.6 is 12.4 Å². The number of carboxylic acids is 1. The summed E-state index contributed by atoms with van der Waals surface area (Å²) in [6.07, 6.45) is -0.106. The number of nitrogen functional groups attached to an aromatic ring is 1. The number of hydrogen-bond donors (Lipinski definition) is 6. The first-order valence-corrected chi connectivity index (χ1v) is 12.4. The van der Waals surface area contributed by atoms with Gasteiger partial charge in [-0.2, -0.15) is 0 Å². The average Bonchev–Trinajstić information content (AvgIpc) is 2.95. The van der Waals surface area contributed by atoms with Gasteiger partial charge in [-0.25, -0.2) is 0 Å². The third kappa shape index (κ3) is 9.97. The molecule has 216 valence electrons. The summed E-state index contributed by atoms with van der Waals surface area (Å²) in [5, 5.41) is 24.1. The summed E-state index contributed by atoms with van der Waals surface area (Å²) in [4.78, 5) is 48.7. The van der Waals surface area contributed by atoms with Gasteiger partial charge in [-0.3, -0.25) is 24.6 Å². The number of carbonyl (C=O) groups is 4. The molecule has 0 fully saturated rings. The summed E-state index contributed by atoms with van der Waals surface area (Å²) in [5.74, 6) is -2.42. The van der Waals surface area contributed by atoms with E-state index in [1.165, 1.54) is 0 Å². The maximum Gasteiger partial charge on any atom is 0.305 e. The monoisotopic (exact) mass is 581 g/mol. The lowest BCUT2D eigenvalue weighted by Crippen LogP contribution is -2.50. The van der Waals surface area contributed by atoms with E-state index in [9.17, 15) is 24.3 Å². The summed E-state index contributed by atoms with van der Waals surface area (Å²) < 4.78 is 5.11. The highest BCUT2D eigenvalue weighted by atomic mass is 35.5. The van der Waals surface area contributed by atoms with Crippen molar-refractivity contribution in [2.75, 3.05) is 20.2 Å². The van der Waals surface area contributed by atoms with Crippen LogP contribution in [0, 0.1) is 5.41 Å². The highest BCUT2D eigenvalue weighted by Crippen LogP contribution is 2.20. The molecule has 0 aliphatic carbocycles. The van der Waals surface area contributed by atoms with Crippen molar-refractivity contribution in [2.24, 2.45) is 5.73 Å². The zero-order valence-corrected chi connectivity index (χ0v) is 23.1. The Morgan fingerprint density at radius 1 is 0.878 bits per heavy atom. The molecule has 0 saturated heterocycles. The summed E-state index contributed by atoms with van der Waals surface area (Å²) in [6.45, 7) is -0.201. The zero-order valence-electron chi connectivity index (χ0n) is 22.3. The minimum absolute atomic E-state index is 0. The molecular weight excluding hydrogens is 550 g/mol. The van der Waals surface area contributed by atoms with Crippen molar-refractivity contribution < 1.29 is 29.0 Å². The van der Waals surface area contributed by atoms with E-state index >= 15 is 0 Å². The lowest BCUT2D eigenvalue weighted by atomic mass is 10.0. The Kier molecular flexibility index (Phi) is 12.3. The van der Waals surface area contributed by atoms with Gasteiger partial charge in [0.25, 0.3) is 5.91 Å². The minimum atomic E-state index is -1.30. The van der Waals surface area contributed by atoms with Crippen LogP contribution in [0.4, 0.5) is 0 Å². The summed E-state index contributed by atoms with van der Waals surface area (Å²) in [7, 11) is 1.56. The second-order valence-electron chi connectivity index (χ2n) is 8.86. The molecule has 41 heavy (non-hydrogen) atoms. The van der Waals surface area contributed by atoms with E-state index in [4.69, 9.17) is 15.9 Å². The third-order valence-corrected chi connectivity index (χ3v) is 5.99. The van der Waals surface area contributed by atoms with E-state index in [1.807, 2.05) is 24.3 Å². The molecule has 11 nitrogen and oxygen atoms in total. The molecule has 1 unspecified atom stereocenters. The molecule has 0 heterocycles. The molecule has 0 saturated carbocycles. The van der Waals surface area contributed by atoms with E-state index in [1.54, 1.807) is 55.6 Å². The normalized spacial score (nSPS) is 10.9. The van der Waals surface area contributed by atoms with Crippen molar-refractivity contribution in [3.05, 3.63) is 89.5 Å². The molecular formula is C29H32ClN5O6. The van der Waals surface area contributed by atoms with Crippen molar-refractivity contribution >= 4 is 41.9 Å². The Morgan fingerprint density at radius 3 is 1.95 bits per heavy atom. The first-order chi connectivity index (χ1) is 19.2. The fourth-order valence-electron chi connectivity index (χ4n) is 3.79. The maximum atomic E-state index is 12.6. The Hall–Kier alpha value is -4.90. The molecule has 3 amide bonds. The second-order valence-corrected chi connectivity index (χ2v) is 8.86. The van der Waals surface area contributed by atoms with Gasteiger partial charge in [0.15, 0.2) is 0 Å². The van der Waals surface area contributed by atoms with Crippen LogP contribution in [-0.2, 0) is 20.8 Å². The Balaban J connectivity index is 0.00000588. The Bertz CT molecular complexity index is 1360. The number of nitrogens with one attached hydrogen (secondary N) is 4. The Morgan fingerprint density at radius 2 is 1.44 bits per heavy atom. The summed E-state index contributed by atoms with van der Waals surface area (Å²) >= 11 is 0. The van der Waals surface area contributed by atoms with Crippen LogP contribution in [0.25, 0.3) is 11.1 Å². The quantitative estimate of drug-likeness (QED) is 0.132. The number of rotatable bonds is 13. The number of nitrogens with two attached hydrogens (primary N) is 1. The molecule has 3 rings (SSSR count). The van der Waals surface area contributed by atoms with E-state index < -0.39 is 42.7 Å². The predicted octanol–water partition coefficient (Wildman–Crippen LogP) is 2.12. The van der Waals surface area contributed by atoms with Gasteiger partial charge < -0.3 is 31.5 Å². The topological polar surface area (TPSA) is 184 Å². The Labute approximate surface area is 243 Å². The van der Waals surface area contributed by atoms with Gasteiger partial charge >= 0.3 is 5.97 Å². The number of amidine groups is 1. The summed E-state index contributed by atoms with van der Waals surface area (Å²) in [5.41, 5.74) is 9.07. The van der Waals surface area contributed by atoms with E-state index in [0.29, 0.717) is 23.3 Å². The van der Waals surface area contributed by atoms with Crippen LogP contribution < -0.4 is 26.4 Å². The van der Waals surface area contributed by atoms with Gasteiger partial charge in [0.2, 0.25) is 11.8 Å². The highest BCUT2D eigenvalue weighted by molar-refractivity contribution is 5.98. The molecule has 0 aromatic heterocycles. The molecule has 3 aromatic rings. The van der Waals surface area contributed by atoms with Crippen LogP contribution in [0.2, 0.25) is 0 Å². The van der Waals surface area contributed by atoms with Crippen molar-refractivity contribution in [2.45, 2.75) is 18.9 Å². The lowest BCUT2D eigenvalue weighted by Gasteiger charge is -2.17. The van der Waals surface area contributed by atoms with Crippen molar-refractivity contribution in [1.82, 2.24) is 16.0 Å². The number of ether oxygens (including phenoxy) is 1. The zero-order chi connectivity index (χ0) is 29.1. The number of amides is 3. The SMILES string of the molecule is COc1ccc(CCNC(=O)C(CC(=O)O)NC(=O)CNC(=O)c2ccc(-c3ccc(C(=N)N)cc3)cc2)cc1.Cl. The van der Waals surface area contributed by atoms with Crippen LogP contribution in [0.5, 0.6) is 5.75 Å². The lowest BCUT2D eigenvalue weighted by molar-refractivity contribution is -0.140. The van der Waals surface area contributed by atoms with Crippen molar-refractivity contribution in [3.63, 3.8) is 0 Å². The van der Waals surface area contributed by atoms with Crippen LogP contribution in [0.3, 0.4) is 0 Å². The number of carbonyl (C=O) groups excluding carboxylic acids is 3. The molecule has 7 N–H and O–H groups in total. The minimum Gasteiger partial charge on any atom is -0.497 e. The van der Waals surface area contributed by atoms with Crippen LogP contribution in [0.1, 0.15) is 27.9 Å². The number of methoxy groups -OCH3 is 1. The standard InChI is InChI=1S/C29H31N5O6.ClH/c1-40-23-12-2-18(3-13-23)14-15-32-29(39)24(16-26(36)37)34-25(35)17-33-28(38)22-10-6-20(7-11-22)19-4-8-21(9-5-19)27(30)31;/h2-13,24H,14-17H2,1H3,(H3,30,31)(H,32,39)(H,33,38)(H,34,35)(H,36,37);1H. The first kappa shape index (κ1) is 32.3. The molecule has 0 bridgehead atoms. The largest absolute Gasteiger partial charge is 0.497 e. The first-order valence-electron chi connectivity index (χ1n) is 12.4. The van der Waals surface area contributed by atoms with Gasteiger partial charge in [0.1, 0.15) is 17.6 Å². The van der Waals surface area contributed by atoms with E-state index in [0.717, 1.165) is 16.7 Å². The van der Waals surface area contributed by atoms with Crippen molar-refractivity contribution in [1.29, 1.82) is 5.41 Å². The average molecular weight is 582 g/mol. The van der Waals surface area contributed by atoms with Crippen LogP contribution in [-0.4, -0.2) is 60.9 Å². The van der Waals surface area contributed by atoms with Crippen LogP contribution in [0.15, 0.2) is 72.8 Å².